The van der Waals surface area contributed by atoms with Crippen LogP contribution in [-0.4, -0.2) is 13.2 Å². The third kappa shape index (κ3) is 3.50. The highest BCUT2D eigenvalue weighted by Gasteiger charge is 2.09. The zero-order valence-electron chi connectivity index (χ0n) is 7.63. The van der Waals surface area contributed by atoms with Crippen molar-refractivity contribution in [2.75, 3.05) is 13.2 Å². The van der Waals surface area contributed by atoms with Crippen molar-refractivity contribution in [2.24, 2.45) is 5.73 Å². The molecule has 0 aliphatic carbocycles. The van der Waals surface area contributed by atoms with Crippen LogP contribution in [0.5, 0.6) is 0 Å². The van der Waals surface area contributed by atoms with Crippen molar-refractivity contribution in [2.45, 2.75) is 19.4 Å². The average Bonchev–Trinajstić information content (AvgIpc) is 2.52. The number of ether oxygens (including phenoxy) is 1. The van der Waals surface area contributed by atoms with E-state index in [4.69, 9.17) is 14.9 Å². The van der Waals surface area contributed by atoms with Crippen LogP contribution in [0, 0.1) is 0 Å². The molecule has 0 saturated carbocycles. The molecule has 0 amide bonds. The standard InChI is InChI=1S/C9H14BrNO2/c1-2-5-12-6-7(11)8-3-4-9(10)13-8/h3-4,7H,2,5-6,11H2,1H3. The van der Waals surface area contributed by atoms with Gasteiger partial charge in [0.25, 0.3) is 0 Å². The zero-order valence-corrected chi connectivity index (χ0v) is 9.21. The van der Waals surface area contributed by atoms with Crippen LogP contribution in [-0.2, 0) is 4.74 Å². The fourth-order valence-electron chi connectivity index (χ4n) is 0.964. The summed E-state index contributed by atoms with van der Waals surface area (Å²) in [5.41, 5.74) is 5.81. The van der Waals surface area contributed by atoms with Gasteiger partial charge in [-0.05, 0) is 34.5 Å². The van der Waals surface area contributed by atoms with Crippen LogP contribution in [0.25, 0.3) is 0 Å². The minimum absolute atomic E-state index is 0.169. The second-order valence-corrected chi connectivity index (χ2v) is 3.60. The topological polar surface area (TPSA) is 48.4 Å². The predicted molar refractivity (Wildman–Crippen MR) is 54.4 cm³/mol. The highest BCUT2D eigenvalue weighted by Crippen LogP contribution is 2.18. The summed E-state index contributed by atoms with van der Waals surface area (Å²) < 4.78 is 11.3. The van der Waals surface area contributed by atoms with Gasteiger partial charge in [-0.25, -0.2) is 0 Å². The quantitative estimate of drug-likeness (QED) is 0.814. The van der Waals surface area contributed by atoms with Crippen molar-refractivity contribution in [1.82, 2.24) is 0 Å². The Balaban J connectivity index is 2.35. The van der Waals surface area contributed by atoms with Crippen molar-refractivity contribution < 1.29 is 9.15 Å². The highest BCUT2D eigenvalue weighted by atomic mass is 79.9. The maximum atomic E-state index is 5.81. The Morgan fingerprint density at radius 2 is 2.38 bits per heavy atom. The van der Waals surface area contributed by atoms with Crippen molar-refractivity contribution >= 4 is 15.9 Å². The van der Waals surface area contributed by atoms with Crippen LogP contribution in [0.1, 0.15) is 25.1 Å². The molecule has 0 fully saturated rings. The monoisotopic (exact) mass is 247 g/mol. The summed E-state index contributed by atoms with van der Waals surface area (Å²) >= 11 is 3.22. The molecule has 1 rings (SSSR count). The van der Waals surface area contributed by atoms with E-state index < -0.39 is 0 Å². The maximum Gasteiger partial charge on any atom is 0.169 e. The predicted octanol–water partition coefficient (Wildman–Crippen LogP) is 2.47. The molecule has 2 N–H and O–H groups in total. The van der Waals surface area contributed by atoms with Gasteiger partial charge in [0.1, 0.15) is 5.76 Å². The van der Waals surface area contributed by atoms with Gasteiger partial charge in [-0.2, -0.15) is 0 Å². The van der Waals surface area contributed by atoms with Crippen LogP contribution < -0.4 is 5.73 Å². The number of nitrogens with two attached hydrogens (primary N) is 1. The van der Waals surface area contributed by atoms with Gasteiger partial charge in [0.15, 0.2) is 4.67 Å². The summed E-state index contributed by atoms with van der Waals surface area (Å²) in [5.74, 6) is 0.753. The Morgan fingerprint density at radius 1 is 1.62 bits per heavy atom. The Hall–Kier alpha value is -0.320. The van der Waals surface area contributed by atoms with Gasteiger partial charge >= 0.3 is 0 Å². The molecule has 0 aliphatic rings. The van der Waals surface area contributed by atoms with E-state index in [2.05, 4.69) is 22.9 Å². The van der Waals surface area contributed by atoms with Gasteiger partial charge in [-0.3, -0.25) is 0 Å². The van der Waals surface area contributed by atoms with E-state index in [1.165, 1.54) is 0 Å². The molecule has 0 spiro atoms. The lowest BCUT2D eigenvalue weighted by molar-refractivity contribution is 0.116. The van der Waals surface area contributed by atoms with Crippen LogP contribution >= 0.6 is 15.9 Å². The molecule has 1 heterocycles. The summed E-state index contributed by atoms with van der Waals surface area (Å²) in [6, 6.07) is 3.51. The van der Waals surface area contributed by atoms with E-state index in [0.29, 0.717) is 11.3 Å². The molecule has 0 radical (unpaired) electrons. The van der Waals surface area contributed by atoms with Crippen LogP contribution in [0.15, 0.2) is 21.2 Å². The zero-order chi connectivity index (χ0) is 9.68. The molecular formula is C9H14BrNO2. The van der Waals surface area contributed by atoms with Crippen molar-refractivity contribution in [1.29, 1.82) is 0 Å². The summed E-state index contributed by atoms with van der Waals surface area (Å²) in [6.07, 6.45) is 1.01. The summed E-state index contributed by atoms with van der Waals surface area (Å²) in [5, 5.41) is 0. The molecule has 3 nitrogen and oxygen atoms in total. The first-order chi connectivity index (χ1) is 6.24. The molecule has 1 unspecified atom stereocenters. The molecular weight excluding hydrogens is 234 g/mol. The largest absolute Gasteiger partial charge is 0.453 e. The van der Waals surface area contributed by atoms with E-state index in [1.807, 2.05) is 12.1 Å². The summed E-state index contributed by atoms with van der Waals surface area (Å²) in [4.78, 5) is 0. The lowest BCUT2D eigenvalue weighted by Gasteiger charge is -2.08. The van der Waals surface area contributed by atoms with E-state index in [0.717, 1.165) is 18.8 Å². The molecule has 0 aliphatic heterocycles. The number of rotatable bonds is 5. The second kappa shape index (κ2) is 5.42. The number of hydrogen-bond donors (Lipinski definition) is 1. The van der Waals surface area contributed by atoms with Gasteiger partial charge in [-0.1, -0.05) is 6.92 Å². The van der Waals surface area contributed by atoms with Crippen LogP contribution in [0.3, 0.4) is 0 Å². The second-order valence-electron chi connectivity index (χ2n) is 2.82. The molecule has 0 aromatic carbocycles. The Morgan fingerprint density at radius 3 is 2.92 bits per heavy atom. The van der Waals surface area contributed by atoms with E-state index in [-0.39, 0.29) is 6.04 Å². The molecule has 1 aromatic heterocycles. The number of furan rings is 1. The smallest absolute Gasteiger partial charge is 0.169 e. The molecule has 74 valence electrons. The van der Waals surface area contributed by atoms with Gasteiger partial charge < -0.3 is 14.9 Å². The molecule has 1 atom stereocenters. The fraction of sp³-hybridized carbons (Fsp3) is 0.556. The first-order valence-electron chi connectivity index (χ1n) is 4.32. The number of halogens is 1. The Labute approximate surface area is 86.4 Å². The summed E-state index contributed by atoms with van der Waals surface area (Å²) in [7, 11) is 0. The highest BCUT2D eigenvalue weighted by molar-refractivity contribution is 9.10. The minimum atomic E-state index is -0.169. The van der Waals surface area contributed by atoms with Crippen molar-refractivity contribution in [3.63, 3.8) is 0 Å². The summed E-state index contributed by atoms with van der Waals surface area (Å²) in [6.45, 7) is 3.32. The lowest BCUT2D eigenvalue weighted by Crippen LogP contribution is -2.16. The van der Waals surface area contributed by atoms with E-state index in [1.54, 1.807) is 0 Å². The molecule has 0 saturated heterocycles. The third-order valence-electron chi connectivity index (χ3n) is 1.61. The first-order valence-corrected chi connectivity index (χ1v) is 5.12. The first kappa shape index (κ1) is 10.8. The fourth-order valence-corrected chi connectivity index (χ4v) is 1.28. The molecule has 4 heteroatoms. The normalized spacial score (nSPS) is 13.2. The average molecular weight is 248 g/mol. The van der Waals surface area contributed by atoms with E-state index >= 15 is 0 Å². The van der Waals surface area contributed by atoms with Crippen LogP contribution in [0.2, 0.25) is 0 Å². The van der Waals surface area contributed by atoms with Gasteiger partial charge in [0, 0.05) is 6.61 Å². The molecule has 0 bridgehead atoms. The SMILES string of the molecule is CCCOCC(N)c1ccc(Br)o1. The molecule has 13 heavy (non-hydrogen) atoms. The lowest BCUT2D eigenvalue weighted by atomic mass is 10.2. The third-order valence-corrected chi connectivity index (χ3v) is 2.03. The van der Waals surface area contributed by atoms with E-state index in [9.17, 15) is 0 Å². The van der Waals surface area contributed by atoms with Gasteiger partial charge in [0.2, 0.25) is 0 Å². The van der Waals surface area contributed by atoms with Gasteiger partial charge in [-0.15, -0.1) is 0 Å². The van der Waals surface area contributed by atoms with Crippen molar-refractivity contribution in [3.05, 3.63) is 22.6 Å². The molecule has 1 aromatic rings. The minimum Gasteiger partial charge on any atom is -0.453 e. The van der Waals surface area contributed by atoms with Crippen LogP contribution in [0.4, 0.5) is 0 Å². The van der Waals surface area contributed by atoms with Gasteiger partial charge in [0.05, 0.1) is 12.6 Å². The van der Waals surface area contributed by atoms with Crippen molar-refractivity contribution in [3.8, 4) is 0 Å². The Kier molecular flexibility index (Phi) is 4.48. The Bertz CT molecular complexity index is 250. The number of hydrogen-bond acceptors (Lipinski definition) is 3. The maximum absolute atomic E-state index is 5.81.